The van der Waals surface area contributed by atoms with Crippen LogP contribution in [0.4, 0.5) is 11.7 Å². The molecule has 0 radical (unpaired) electrons. The first-order chi connectivity index (χ1) is 15.1. The summed E-state index contributed by atoms with van der Waals surface area (Å²) in [4.78, 5) is 4.43. The monoisotopic (exact) mass is 414 g/mol. The Morgan fingerprint density at radius 1 is 1.06 bits per heavy atom. The Morgan fingerprint density at radius 3 is 2.48 bits per heavy atom. The van der Waals surface area contributed by atoms with Gasteiger partial charge in [-0.15, -0.1) is 5.10 Å². The minimum absolute atomic E-state index is 0.557. The van der Waals surface area contributed by atoms with Gasteiger partial charge in [-0.2, -0.15) is 5.26 Å². The second-order valence-electron chi connectivity index (χ2n) is 7.65. The molecule has 1 unspecified atom stereocenters. The Labute approximate surface area is 180 Å². The molecule has 2 N–H and O–H groups in total. The number of hydrogen-bond donors (Lipinski definition) is 2. The molecule has 0 bridgehead atoms. The number of aliphatic hydroxyl groups is 1. The lowest BCUT2D eigenvalue weighted by Crippen LogP contribution is -2.46. The molecule has 2 aliphatic rings. The van der Waals surface area contributed by atoms with Gasteiger partial charge >= 0.3 is 6.01 Å². The fourth-order valence-corrected chi connectivity index (χ4v) is 4.08. The first-order valence-corrected chi connectivity index (χ1v) is 10.2. The van der Waals surface area contributed by atoms with Crippen LogP contribution in [0, 0.1) is 18.3 Å². The number of aromatic nitrogens is 2. The molecule has 0 amide bonds. The van der Waals surface area contributed by atoms with Crippen LogP contribution in [0.2, 0.25) is 0 Å². The molecule has 2 aromatic carbocycles. The van der Waals surface area contributed by atoms with Gasteiger partial charge in [0.15, 0.2) is 6.23 Å². The van der Waals surface area contributed by atoms with Crippen molar-refractivity contribution in [1.29, 1.82) is 5.26 Å². The summed E-state index contributed by atoms with van der Waals surface area (Å²) >= 11 is 0. The van der Waals surface area contributed by atoms with Crippen molar-refractivity contribution < 1.29 is 9.52 Å². The summed E-state index contributed by atoms with van der Waals surface area (Å²) in [6.45, 7) is 5.15. The fraction of sp³-hybridized carbons (Fsp3) is 0.261. The molecule has 0 spiro atoms. The van der Waals surface area contributed by atoms with E-state index in [0.717, 1.165) is 48.7 Å². The fourth-order valence-electron chi connectivity index (χ4n) is 4.08. The van der Waals surface area contributed by atoms with Gasteiger partial charge in [0.25, 0.3) is 0 Å². The number of fused-ring (bicyclic) bond motifs is 1. The van der Waals surface area contributed by atoms with Crippen LogP contribution in [-0.4, -0.2) is 41.5 Å². The molecule has 0 saturated carbocycles. The molecule has 156 valence electrons. The van der Waals surface area contributed by atoms with E-state index in [9.17, 15) is 10.4 Å². The predicted molar refractivity (Wildman–Crippen MR) is 117 cm³/mol. The number of nitriles is 1. The maximum absolute atomic E-state index is 10.5. The van der Waals surface area contributed by atoms with Crippen molar-refractivity contribution in [3.63, 3.8) is 0 Å². The number of hydrogen-bond acceptors (Lipinski definition) is 8. The molecule has 1 fully saturated rings. The van der Waals surface area contributed by atoms with E-state index >= 15 is 0 Å². The average Bonchev–Trinajstić information content (AvgIpc) is 3.25. The topological polar surface area (TPSA) is 101 Å². The van der Waals surface area contributed by atoms with Gasteiger partial charge in [-0.05, 0) is 29.8 Å². The molecule has 1 atom stereocenters. The molecule has 31 heavy (non-hydrogen) atoms. The third kappa shape index (κ3) is 3.60. The Balaban J connectivity index is 1.32. The highest BCUT2D eigenvalue weighted by Crippen LogP contribution is 2.31. The molecule has 8 nitrogen and oxygen atoms in total. The maximum atomic E-state index is 10.5. The van der Waals surface area contributed by atoms with Crippen molar-refractivity contribution in [3.05, 3.63) is 70.6 Å². The number of aliphatic hydroxyl groups excluding tert-OH is 1. The summed E-state index contributed by atoms with van der Waals surface area (Å²) < 4.78 is 5.53. The lowest BCUT2D eigenvalue weighted by atomic mass is 9.94. The Bertz CT molecular complexity index is 1170. The maximum Gasteiger partial charge on any atom is 0.318 e. The number of piperazine rings is 1. The van der Waals surface area contributed by atoms with Gasteiger partial charge in [0, 0.05) is 55.6 Å². The minimum Gasteiger partial charge on any atom is -0.408 e. The summed E-state index contributed by atoms with van der Waals surface area (Å²) in [7, 11) is 0. The van der Waals surface area contributed by atoms with Crippen LogP contribution >= 0.6 is 0 Å². The first-order valence-electron chi connectivity index (χ1n) is 10.2. The van der Waals surface area contributed by atoms with Gasteiger partial charge in [0.1, 0.15) is 0 Å². The zero-order valence-electron chi connectivity index (χ0n) is 17.1. The van der Waals surface area contributed by atoms with Crippen LogP contribution in [0.25, 0.3) is 11.8 Å². The minimum atomic E-state index is -0.843. The zero-order valence-corrected chi connectivity index (χ0v) is 17.1. The number of nitrogens with one attached hydrogen (secondary N) is 1. The highest BCUT2D eigenvalue weighted by Gasteiger charge is 2.23. The molecule has 3 aromatic rings. The first kappa shape index (κ1) is 19.2. The number of benzene rings is 2. The Kier molecular flexibility index (Phi) is 4.81. The molecular formula is C23H22N6O2. The zero-order chi connectivity index (χ0) is 21.4. The van der Waals surface area contributed by atoms with Gasteiger partial charge in [-0.1, -0.05) is 29.4 Å². The van der Waals surface area contributed by atoms with Crippen molar-refractivity contribution in [2.75, 3.05) is 36.0 Å². The van der Waals surface area contributed by atoms with Gasteiger partial charge in [-0.3, -0.25) is 0 Å². The van der Waals surface area contributed by atoms with E-state index in [-0.39, 0.29) is 0 Å². The summed E-state index contributed by atoms with van der Waals surface area (Å²) in [6.07, 6.45) is 1.09. The molecule has 1 saturated heterocycles. The molecule has 3 heterocycles. The average molecular weight is 414 g/mol. The van der Waals surface area contributed by atoms with E-state index in [4.69, 9.17) is 4.42 Å². The van der Waals surface area contributed by atoms with Crippen molar-refractivity contribution in [2.24, 2.45) is 0 Å². The summed E-state index contributed by atoms with van der Waals surface area (Å²) in [6, 6.07) is 16.4. The smallest absolute Gasteiger partial charge is 0.318 e. The van der Waals surface area contributed by atoms with Gasteiger partial charge in [0.2, 0.25) is 5.89 Å². The molecule has 0 aliphatic carbocycles. The largest absolute Gasteiger partial charge is 0.408 e. The van der Waals surface area contributed by atoms with Gasteiger partial charge < -0.3 is 24.6 Å². The van der Waals surface area contributed by atoms with Crippen LogP contribution in [-0.2, 0) is 0 Å². The predicted octanol–water partition coefficient (Wildman–Crippen LogP) is 2.67. The van der Waals surface area contributed by atoms with Crippen LogP contribution < -0.4 is 15.1 Å². The van der Waals surface area contributed by atoms with Crippen molar-refractivity contribution >= 4 is 23.5 Å². The van der Waals surface area contributed by atoms with Crippen molar-refractivity contribution in [2.45, 2.75) is 13.2 Å². The number of aryl methyl sites for hydroxylation is 1. The number of rotatable bonds is 3. The highest BCUT2D eigenvalue weighted by molar-refractivity contribution is 5.85. The van der Waals surface area contributed by atoms with Crippen LogP contribution in [0.3, 0.4) is 0 Å². The third-order valence-corrected chi connectivity index (χ3v) is 5.74. The molecule has 8 heteroatoms. The van der Waals surface area contributed by atoms with Crippen LogP contribution in [0.15, 0.2) is 46.9 Å². The number of nitrogens with zero attached hydrogens (tertiary/aromatic N) is 5. The highest BCUT2D eigenvalue weighted by atomic mass is 16.4. The van der Waals surface area contributed by atoms with Crippen molar-refractivity contribution in [3.8, 4) is 6.07 Å². The lowest BCUT2D eigenvalue weighted by Gasteiger charge is -2.35. The number of anilines is 2. The van der Waals surface area contributed by atoms with E-state index in [1.807, 2.05) is 24.3 Å². The third-order valence-electron chi connectivity index (χ3n) is 5.74. The lowest BCUT2D eigenvalue weighted by molar-refractivity contribution is 0.158. The molecule has 2 aliphatic heterocycles. The standard InChI is InChI=1S/C23H22N6O2/c1-15-26-27-23(31-15)29-11-9-28(10-12-29)18-7-5-16(6-8-18)21-13-20-17(14-24)3-2-4-19(20)22(30)25-21/h2-8,13,22,25,30H,9-12H2,1H3. The second-order valence-corrected chi connectivity index (χ2v) is 7.65. The van der Waals surface area contributed by atoms with Gasteiger partial charge in [-0.25, -0.2) is 0 Å². The van der Waals surface area contributed by atoms with E-state index < -0.39 is 6.23 Å². The van der Waals surface area contributed by atoms with Crippen LogP contribution in [0.5, 0.6) is 0 Å². The van der Waals surface area contributed by atoms with E-state index in [2.05, 4.69) is 43.5 Å². The normalized spacial score (nSPS) is 18.1. The van der Waals surface area contributed by atoms with Crippen molar-refractivity contribution in [1.82, 2.24) is 15.5 Å². The molecular weight excluding hydrogens is 392 g/mol. The van der Waals surface area contributed by atoms with E-state index in [1.54, 1.807) is 19.1 Å². The Morgan fingerprint density at radius 2 is 1.81 bits per heavy atom. The Hall–Kier alpha value is -3.83. The second kappa shape index (κ2) is 7.78. The molecule has 5 rings (SSSR count). The summed E-state index contributed by atoms with van der Waals surface area (Å²) in [5.41, 5.74) is 4.94. The van der Waals surface area contributed by atoms with E-state index in [1.165, 1.54) is 0 Å². The van der Waals surface area contributed by atoms with Gasteiger partial charge in [0.05, 0.1) is 11.6 Å². The van der Waals surface area contributed by atoms with E-state index in [0.29, 0.717) is 23.0 Å². The SMILES string of the molecule is Cc1nnc(N2CCN(c3ccc(C4=Cc5c(C#N)cccc5C(O)N4)cc3)CC2)o1. The molecule has 1 aromatic heterocycles. The van der Waals surface area contributed by atoms with Crippen LogP contribution in [0.1, 0.15) is 34.4 Å². The summed E-state index contributed by atoms with van der Waals surface area (Å²) in [5.74, 6) is 0.577. The summed E-state index contributed by atoms with van der Waals surface area (Å²) in [5, 5.41) is 31.0. The quantitative estimate of drug-likeness (QED) is 0.675.